The molecule has 3 N–H and O–H groups in total. The number of aromatic nitrogens is 1. The molecule has 8 nitrogen and oxygen atoms in total. The summed E-state index contributed by atoms with van der Waals surface area (Å²) < 4.78 is 5.81. The molecule has 1 amide bonds. The van der Waals surface area contributed by atoms with Crippen LogP contribution in [0.15, 0.2) is 42.6 Å². The van der Waals surface area contributed by atoms with Gasteiger partial charge in [-0.15, -0.1) is 0 Å². The molecule has 2 aromatic rings. The van der Waals surface area contributed by atoms with E-state index in [1.54, 1.807) is 11.2 Å². The minimum Gasteiger partial charge on any atom is -0.473 e. The molecule has 128 valence electrons. The average Bonchev–Trinajstić information content (AvgIpc) is 2.60. The fourth-order valence-electron chi connectivity index (χ4n) is 2.23. The Morgan fingerprint density at radius 1 is 1.12 bits per heavy atom. The lowest BCUT2D eigenvalue weighted by Gasteiger charge is -2.26. The molecule has 0 atom stereocenters. The molecule has 0 bridgehead atoms. The average molecular weight is 330 g/mol. The molecule has 0 saturated carbocycles. The van der Waals surface area contributed by atoms with Crippen LogP contribution in [-0.4, -0.2) is 32.5 Å². The van der Waals surface area contributed by atoms with Gasteiger partial charge in [0.25, 0.3) is 0 Å². The summed E-state index contributed by atoms with van der Waals surface area (Å²) in [7, 11) is 5.78. The maximum Gasteiger partial charge on any atom is 0.222 e. The predicted octanol–water partition coefficient (Wildman–Crippen LogP) is 0.833. The van der Waals surface area contributed by atoms with Crippen molar-refractivity contribution in [3.63, 3.8) is 0 Å². The van der Waals surface area contributed by atoms with Crippen LogP contribution in [0.1, 0.15) is 5.56 Å². The molecule has 0 radical (unpaired) electrons. The molecule has 0 aliphatic heterocycles. The van der Waals surface area contributed by atoms with Crippen LogP contribution in [0.2, 0.25) is 0 Å². The molecule has 1 aromatic carbocycles. The third-order valence-corrected chi connectivity index (χ3v) is 3.33. The normalized spacial score (nSPS) is 10.1. The number of ether oxygens (including phenoxy) is 1. The van der Waals surface area contributed by atoms with Gasteiger partial charge in [0, 0.05) is 44.7 Å². The lowest BCUT2D eigenvalue weighted by atomic mass is 10.1. The first-order valence-corrected chi connectivity index (χ1v) is 7.40. The molecule has 0 fully saturated rings. The van der Waals surface area contributed by atoms with Crippen molar-refractivity contribution in [1.29, 1.82) is 0 Å². The van der Waals surface area contributed by atoms with E-state index in [9.17, 15) is 4.79 Å². The summed E-state index contributed by atoms with van der Waals surface area (Å²) >= 11 is 0. The number of hydrogen-bond acceptors (Lipinski definition) is 7. The first kappa shape index (κ1) is 17.5. The van der Waals surface area contributed by atoms with Crippen molar-refractivity contribution in [3.8, 4) is 5.88 Å². The van der Waals surface area contributed by atoms with Crippen LogP contribution in [0.4, 0.5) is 11.4 Å². The van der Waals surface area contributed by atoms with Crippen molar-refractivity contribution in [3.05, 3.63) is 48.2 Å². The number of nitrogens with zero attached hydrogens (tertiary/aromatic N) is 3. The maximum absolute atomic E-state index is 10.3. The summed E-state index contributed by atoms with van der Waals surface area (Å²) in [4.78, 5) is 16.5. The maximum atomic E-state index is 10.3. The van der Waals surface area contributed by atoms with Crippen molar-refractivity contribution in [2.24, 2.45) is 0 Å². The van der Waals surface area contributed by atoms with Gasteiger partial charge in [-0.1, -0.05) is 12.1 Å². The van der Waals surface area contributed by atoms with Gasteiger partial charge in [0.15, 0.2) is 0 Å². The Morgan fingerprint density at radius 3 is 2.58 bits per heavy atom. The van der Waals surface area contributed by atoms with Crippen molar-refractivity contribution >= 4 is 17.8 Å². The zero-order valence-corrected chi connectivity index (χ0v) is 14.0. The first-order valence-electron chi connectivity index (χ1n) is 7.40. The fourth-order valence-corrected chi connectivity index (χ4v) is 2.23. The molecule has 24 heavy (non-hydrogen) atoms. The van der Waals surface area contributed by atoms with E-state index in [1.165, 1.54) is 0 Å². The van der Waals surface area contributed by atoms with E-state index in [1.807, 2.05) is 62.4 Å². The summed E-state index contributed by atoms with van der Waals surface area (Å²) in [6.45, 7) is 0.355. The lowest BCUT2D eigenvalue weighted by molar-refractivity contribution is -0.110. The molecule has 0 saturated heterocycles. The molecule has 0 unspecified atom stereocenters. The smallest absolute Gasteiger partial charge is 0.222 e. The van der Waals surface area contributed by atoms with E-state index >= 15 is 0 Å². The molecular formula is C16H22N6O2. The minimum atomic E-state index is 0.355. The van der Waals surface area contributed by atoms with E-state index < -0.39 is 0 Å². The lowest BCUT2D eigenvalue weighted by Crippen LogP contribution is -2.51. The third-order valence-electron chi connectivity index (χ3n) is 3.33. The number of amides is 1. The Kier molecular flexibility index (Phi) is 6.35. The van der Waals surface area contributed by atoms with Crippen molar-refractivity contribution in [1.82, 2.24) is 21.5 Å². The van der Waals surface area contributed by atoms with E-state index in [0.717, 1.165) is 16.9 Å². The number of anilines is 2. The van der Waals surface area contributed by atoms with Gasteiger partial charge < -0.3 is 9.64 Å². The topological polar surface area (TPSA) is 81.8 Å². The van der Waals surface area contributed by atoms with Crippen LogP contribution < -0.4 is 31.1 Å². The number of pyridine rings is 1. The summed E-state index contributed by atoms with van der Waals surface area (Å²) in [5, 5.41) is 1.75. The molecule has 8 heteroatoms. The van der Waals surface area contributed by atoms with E-state index in [-0.39, 0.29) is 0 Å². The minimum absolute atomic E-state index is 0.355. The zero-order valence-electron chi connectivity index (χ0n) is 14.0. The van der Waals surface area contributed by atoms with Gasteiger partial charge in [0.05, 0.1) is 5.69 Å². The quantitative estimate of drug-likeness (QED) is 0.357. The Morgan fingerprint density at radius 2 is 1.92 bits per heavy atom. The number of hydrazine groups is 3. The van der Waals surface area contributed by atoms with Gasteiger partial charge in [-0.3, -0.25) is 15.2 Å². The van der Waals surface area contributed by atoms with Crippen LogP contribution >= 0.6 is 0 Å². The molecule has 0 aliphatic carbocycles. The highest BCUT2D eigenvalue weighted by Gasteiger charge is 2.14. The molecule has 0 spiro atoms. The second-order valence-electron chi connectivity index (χ2n) is 5.18. The van der Waals surface area contributed by atoms with Gasteiger partial charge in [0.2, 0.25) is 12.3 Å². The van der Waals surface area contributed by atoms with Gasteiger partial charge in [-0.05, 0) is 18.2 Å². The number of hydrogen-bond donors (Lipinski definition) is 3. The van der Waals surface area contributed by atoms with Crippen LogP contribution in [-0.2, 0) is 11.4 Å². The van der Waals surface area contributed by atoms with E-state index in [4.69, 9.17) is 4.74 Å². The van der Waals surface area contributed by atoms with E-state index in [0.29, 0.717) is 18.9 Å². The fraction of sp³-hybridized carbons (Fsp3) is 0.250. The standard InChI is InChI=1S/C16H22N6O2/c1-21(2)14-7-6-8-15(22(3)20-19-18-12-23)13(14)11-24-16-9-4-5-10-17-16/h4-10,12,19-20H,11H2,1-3H3,(H,18,23). The summed E-state index contributed by atoms with van der Waals surface area (Å²) in [5.41, 5.74) is 10.7. The number of carbonyl (C=O) groups excluding carboxylic acids is 1. The summed E-state index contributed by atoms with van der Waals surface area (Å²) in [6, 6.07) is 11.5. The van der Waals surface area contributed by atoms with Crippen molar-refractivity contribution in [2.75, 3.05) is 31.1 Å². The molecule has 1 heterocycles. The van der Waals surface area contributed by atoms with Crippen LogP contribution in [0.3, 0.4) is 0 Å². The summed E-state index contributed by atoms with van der Waals surface area (Å²) in [5.74, 6) is 0.563. The molecule has 0 aliphatic rings. The van der Waals surface area contributed by atoms with Crippen LogP contribution in [0.25, 0.3) is 0 Å². The Balaban J connectivity index is 2.22. The highest BCUT2D eigenvalue weighted by molar-refractivity contribution is 5.66. The highest BCUT2D eigenvalue weighted by atomic mass is 16.5. The van der Waals surface area contributed by atoms with Crippen molar-refractivity contribution in [2.45, 2.75) is 6.61 Å². The van der Waals surface area contributed by atoms with Gasteiger partial charge in [0.1, 0.15) is 6.61 Å². The molecule has 1 aromatic heterocycles. The number of nitrogens with one attached hydrogen (secondary N) is 3. The monoisotopic (exact) mass is 330 g/mol. The number of benzene rings is 1. The van der Waals surface area contributed by atoms with E-state index in [2.05, 4.69) is 21.5 Å². The SMILES string of the molecule is CN(C)c1cccc(N(C)NNNC=O)c1COc1ccccn1. The van der Waals surface area contributed by atoms with Gasteiger partial charge in [-0.25, -0.2) is 4.98 Å². The Hall–Kier alpha value is -2.84. The van der Waals surface area contributed by atoms with Crippen LogP contribution in [0.5, 0.6) is 5.88 Å². The van der Waals surface area contributed by atoms with Crippen molar-refractivity contribution < 1.29 is 9.53 Å². The predicted molar refractivity (Wildman–Crippen MR) is 93.2 cm³/mol. The second kappa shape index (κ2) is 8.70. The Labute approximate surface area is 141 Å². The zero-order chi connectivity index (χ0) is 17.4. The molecule has 2 rings (SSSR count). The van der Waals surface area contributed by atoms with Gasteiger partial charge >= 0.3 is 0 Å². The Bertz CT molecular complexity index is 650. The first-order chi connectivity index (χ1) is 11.6. The molecular weight excluding hydrogens is 308 g/mol. The second-order valence-corrected chi connectivity index (χ2v) is 5.18. The third kappa shape index (κ3) is 4.58. The summed E-state index contributed by atoms with van der Waals surface area (Å²) in [6.07, 6.45) is 2.24. The van der Waals surface area contributed by atoms with Gasteiger partial charge in [-0.2, -0.15) is 11.1 Å². The highest BCUT2D eigenvalue weighted by Crippen LogP contribution is 2.29. The largest absolute Gasteiger partial charge is 0.473 e. The number of carbonyl (C=O) groups is 1. The number of rotatable bonds is 9. The van der Waals surface area contributed by atoms with Crippen LogP contribution in [0, 0.1) is 0 Å².